The number of hydrogen-bond acceptors (Lipinski definition) is 5. The first kappa shape index (κ1) is 11.5. The summed E-state index contributed by atoms with van der Waals surface area (Å²) >= 11 is 1.34. The summed E-state index contributed by atoms with van der Waals surface area (Å²) in [4.78, 5) is 23.7. The topological polar surface area (TPSA) is 66.8 Å². The summed E-state index contributed by atoms with van der Waals surface area (Å²) in [5, 5.41) is 8.43. The monoisotopic (exact) mass is 219 g/mol. The Morgan fingerprint density at radius 1 is 1.29 bits per heavy atom. The number of amides is 2. The van der Waals surface area contributed by atoms with Gasteiger partial charge < -0.3 is 9.84 Å². The molecule has 1 heterocycles. The van der Waals surface area contributed by atoms with E-state index in [9.17, 15) is 9.59 Å². The summed E-state index contributed by atoms with van der Waals surface area (Å²) in [7, 11) is 0. The molecule has 1 N–H and O–H groups in total. The minimum atomic E-state index is -0.154. The minimum absolute atomic E-state index is 0.0439. The number of hydrogen-bond donors (Lipinski definition) is 1. The van der Waals surface area contributed by atoms with Crippen molar-refractivity contribution < 1.29 is 19.4 Å². The molecule has 1 aliphatic rings. The third kappa shape index (κ3) is 3.28. The van der Waals surface area contributed by atoms with E-state index in [1.165, 1.54) is 16.7 Å². The molecule has 6 heteroatoms. The van der Waals surface area contributed by atoms with Crippen LogP contribution in [0.5, 0.6) is 0 Å². The molecule has 0 unspecified atom stereocenters. The second-order valence-corrected chi connectivity index (χ2v) is 3.75. The van der Waals surface area contributed by atoms with Crippen LogP contribution in [0.1, 0.15) is 0 Å². The number of carbonyl (C=O) groups is 2. The standard InChI is InChI=1S/C8H13NO4S/c10-2-4-13-3-1-9-7(11)5-14-6-8(9)12/h10H,1-6H2. The van der Waals surface area contributed by atoms with Gasteiger partial charge in [0.25, 0.3) is 0 Å². The molecule has 0 aromatic rings. The van der Waals surface area contributed by atoms with Gasteiger partial charge in [0.2, 0.25) is 11.8 Å². The fraction of sp³-hybridized carbons (Fsp3) is 0.750. The van der Waals surface area contributed by atoms with Crippen LogP contribution in [-0.4, -0.2) is 59.7 Å². The van der Waals surface area contributed by atoms with Crippen LogP contribution in [0.4, 0.5) is 0 Å². The van der Waals surface area contributed by atoms with Crippen LogP contribution in [0.2, 0.25) is 0 Å². The smallest absolute Gasteiger partial charge is 0.239 e. The van der Waals surface area contributed by atoms with Gasteiger partial charge in [-0.1, -0.05) is 0 Å². The van der Waals surface area contributed by atoms with E-state index in [0.717, 1.165) is 0 Å². The molecule has 0 bridgehead atoms. The predicted molar refractivity (Wildman–Crippen MR) is 51.9 cm³/mol. The molecule has 1 fully saturated rings. The van der Waals surface area contributed by atoms with Crippen molar-refractivity contribution in [3.8, 4) is 0 Å². The molecule has 0 saturated carbocycles. The molecule has 1 rings (SSSR count). The highest BCUT2D eigenvalue weighted by Gasteiger charge is 2.25. The Morgan fingerprint density at radius 3 is 2.50 bits per heavy atom. The van der Waals surface area contributed by atoms with Gasteiger partial charge in [-0.2, -0.15) is 0 Å². The van der Waals surface area contributed by atoms with Gasteiger partial charge in [-0.15, -0.1) is 11.8 Å². The van der Waals surface area contributed by atoms with E-state index >= 15 is 0 Å². The predicted octanol–water partition coefficient (Wildman–Crippen LogP) is -0.903. The minimum Gasteiger partial charge on any atom is -0.394 e. The Kier molecular flexibility index (Phi) is 4.92. The highest BCUT2D eigenvalue weighted by molar-refractivity contribution is 8.00. The number of nitrogens with zero attached hydrogens (tertiary/aromatic N) is 1. The lowest BCUT2D eigenvalue weighted by Crippen LogP contribution is -2.44. The molecule has 0 aromatic heterocycles. The van der Waals surface area contributed by atoms with Gasteiger partial charge in [0.05, 0.1) is 37.9 Å². The molecular formula is C8H13NO4S. The van der Waals surface area contributed by atoms with Gasteiger partial charge in [0, 0.05) is 0 Å². The summed E-state index contributed by atoms with van der Waals surface area (Å²) in [5.74, 6) is 0.426. The number of thioether (sulfide) groups is 1. The lowest BCUT2D eigenvalue weighted by molar-refractivity contribution is -0.143. The van der Waals surface area contributed by atoms with Crippen molar-refractivity contribution in [2.24, 2.45) is 0 Å². The van der Waals surface area contributed by atoms with Crippen molar-refractivity contribution in [3.05, 3.63) is 0 Å². The molecule has 1 saturated heterocycles. The van der Waals surface area contributed by atoms with Crippen LogP contribution in [-0.2, 0) is 14.3 Å². The van der Waals surface area contributed by atoms with Gasteiger partial charge >= 0.3 is 0 Å². The molecule has 80 valence electrons. The first-order chi connectivity index (χ1) is 6.75. The first-order valence-corrected chi connectivity index (χ1v) is 5.50. The maximum Gasteiger partial charge on any atom is 0.239 e. The van der Waals surface area contributed by atoms with Crippen molar-refractivity contribution >= 4 is 23.6 Å². The molecule has 14 heavy (non-hydrogen) atoms. The summed E-state index contributed by atoms with van der Waals surface area (Å²) in [6.07, 6.45) is 0. The number of carbonyl (C=O) groups excluding carboxylic acids is 2. The van der Waals surface area contributed by atoms with Crippen molar-refractivity contribution in [2.45, 2.75) is 0 Å². The Labute approximate surface area is 86.4 Å². The van der Waals surface area contributed by atoms with E-state index in [0.29, 0.717) is 18.1 Å². The van der Waals surface area contributed by atoms with Crippen LogP contribution in [0, 0.1) is 0 Å². The van der Waals surface area contributed by atoms with Gasteiger partial charge in [-0.05, 0) is 0 Å². The van der Waals surface area contributed by atoms with Gasteiger partial charge in [-0.25, -0.2) is 0 Å². The van der Waals surface area contributed by atoms with E-state index in [1.54, 1.807) is 0 Å². The summed E-state index contributed by atoms with van der Waals surface area (Å²) in [6, 6.07) is 0. The first-order valence-electron chi connectivity index (χ1n) is 4.35. The molecular weight excluding hydrogens is 206 g/mol. The largest absolute Gasteiger partial charge is 0.394 e. The zero-order chi connectivity index (χ0) is 10.4. The van der Waals surface area contributed by atoms with Crippen LogP contribution in [0.25, 0.3) is 0 Å². The SMILES string of the molecule is O=C1CSCC(=O)N1CCOCCO. The van der Waals surface area contributed by atoms with Crippen molar-refractivity contribution in [1.29, 1.82) is 0 Å². The van der Waals surface area contributed by atoms with Crippen molar-refractivity contribution in [3.63, 3.8) is 0 Å². The Balaban J connectivity index is 2.26. The summed E-state index contributed by atoms with van der Waals surface area (Å²) in [5.41, 5.74) is 0. The lowest BCUT2D eigenvalue weighted by atomic mass is 10.4. The number of aliphatic hydroxyl groups is 1. The normalized spacial score (nSPS) is 17.6. The Bertz CT molecular complexity index is 205. The fourth-order valence-corrected chi connectivity index (χ4v) is 1.86. The number of rotatable bonds is 5. The van der Waals surface area contributed by atoms with Crippen molar-refractivity contribution in [2.75, 3.05) is 37.9 Å². The number of imide groups is 1. The molecule has 0 radical (unpaired) electrons. The lowest BCUT2D eigenvalue weighted by Gasteiger charge is -2.24. The van der Waals surface area contributed by atoms with Gasteiger partial charge in [0.15, 0.2) is 0 Å². The molecule has 5 nitrogen and oxygen atoms in total. The maximum absolute atomic E-state index is 11.2. The van der Waals surface area contributed by atoms with E-state index in [1.807, 2.05) is 0 Å². The van der Waals surface area contributed by atoms with Crippen molar-refractivity contribution in [1.82, 2.24) is 4.90 Å². The van der Waals surface area contributed by atoms with E-state index in [-0.39, 0.29) is 31.6 Å². The molecule has 1 aliphatic heterocycles. The molecule has 0 spiro atoms. The Morgan fingerprint density at radius 2 is 1.93 bits per heavy atom. The zero-order valence-corrected chi connectivity index (χ0v) is 8.59. The third-order valence-corrected chi connectivity index (χ3v) is 2.65. The van der Waals surface area contributed by atoms with Gasteiger partial charge in [0.1, 0.15) is 0 Å². The molecule has 0 aromatic carbocycles. The molecule has 2 amide bonds. The quantitative estimate of drug-likeness (QED) is 0.479. The van der Waals surface area contributed by atoms with Crippen LogP contribution in [0.3, 0.4) is 0 Å². The Hall–Kier alpha value is -0.590. The van der Waals surface area contributed by atoms with Crippen LogP contribution < -0.4 is 0 Å². The average molecular weight is 219 g/mol. The molecule has 0 aliphatic carbocycles. The molecule has 0 atom stereocenters. The highest BCUT2D eigenvalue weighted by Crippen LogP contribution is 2.11. The summed E-state index contributed by atoms with van der Waals surface area (Å²) < 4.78 is 4.98. The second-order valence-electron chi connectivity index (χ2n) is 2.77. The second kappa shape index (κ2) is 6.00. The third-order valence-electron chi connectivity index (χ3n) is 1.75. The maximum atomic E-state index is 11.2. The van der Waals surface area contributed by atoms with E-state index in [2.05, 4.69) is 0 Å². The number of aliphatic hydroxyl groups excluding tert-OH is 1. The average Bonchev–Trinajstić information content (AvgIpc) is 2.16. The zero-order valence-electron chi connectivity index (χ0n) is 7.77. The van der Waals surface area contributed by atoms with Crippen LogP contribution in [0.15, 0.2) is 0 Å². The fourth-order valence-electron chi connectivity index (χ4n) is 1.09. The van der Waals surface area contributed by atoms with Gasteiger partial charge in [-0.3, -0.25) is 14.5 Å². The van der Waals surface area contributed by atoms with Crippen LogP contribution >= 0.6 is 11.8 Å². The highest BCUT2D eigenvalue weighted by atomic mass is 32.2. The van der Waals surface area contributed by atoms with E-state index in [4.69, 9.17) is 9.84 Å². The van der Waals surface area contributed by atoms with E-state index < -0.39 is 0 Å². The number of ether oxygens (including phenoxy) is 1. The summed E-state index contributed by atoms with van der Waals surface area (Å²) in [6.45, 7) is 0.781.